The van der Waals surface area contributed by atoms with Crippen LogP contribution in [-0.4, -0.2) is 67.0 Å². The van der Waals surface area contributed by atoms with Crippen LogP contribution in [0.4, 0.5) is 19.0 Å². The van der Waals surface area contributed by atoms with Gasteiger partial charge in [0.2, 0.25) is 0 Å². The Kier molecular flexibility index (Phi) is 6.52. The standard InChI is InChI=1S/C30H36F3N7O2/c1-29(2)41-25-17(12-23(26(25)42-29)40-9-8-20-27(34)35-15-36-28(20)40)14-39(3)19-10-16(11-19)4-7-24-37-21-6-5-18(30(31,32)33)13-22(21)38-24/h5-6,8-9,13,15-17,19,23,25-26H,4,7,10-12,14H2,1-3H3,(H,37,38)(H2,34,35,36)/t16?,17-,19?,23?,25-,26+/m1/s1. The topological polar surface area (TPSA) is 107 Å². The quantitative estimate of drug-likeness (QED) is 0.303. The number of hydrogen-bond donors (Lipinski definition) is 2. The van der Waals surface area contributed by atoms with Gasteiger partial charge in [-0.05, 0) is 76.8 Å². The third-order valence-corrected chi connectivity index (χ3v) is 9.45. The van der Waals surface area contributed by atoms with E-state index in [-0.39, 0.29) is 18.2 Å². The van der Waals surface area contributed by atoms with Gasteiger partial charge in [-0.2, -0.15) is 13.2 Å². The molecule has 3 fully saturated rings. The van der Waals surface area contributed by atoms with Gasteiger partial charge in [-0.25, -0.2) is 15.0 Å². The molecule has 2 saturated carbocycles. The Morgan fingerprint density at radius 3 is 2.69 bits per heavy atom. The molecule has 1 saturated heterocycles. The second kappa shape index (κ2) is 9.92. The molecule has 3 aliphatic rings. The van der Waals surface area contributed by atoms with Gasteiger partial charge in [0.15, 0.2) is 5.79 Å². The summed E-state index contributed by atoms with van der Waals surface area (Å²) < 4.78 is 54.2. The summed E-state index contributed by atoms with van der Waals surface area (Å²) in [7, 11) is 2.20. The molecule has 3 N–H and O–H groups in total. The van der Waals surface area contributed by atoms with Crippen LogP contribution >= 0.6 is 0 Å². The molecule has 4 atom stereocenters. The summed E-state index contributed by atoms with van der Waals surface area (Å²) in [6.07, 6.45) is 3.90. The van der Waals surface area contributed by atoms with Gasteiger partial charge in [-0.15, -0.1) is 0 Å². The van der Waals surface area contributed by atoms with Crippen molar-refractivity contribution in [1.82, 2.24) is 29.4 Å². The van der Waals surface area contributed by atoms with Crippen LogP contribution in [0.25, 0.3) is 22.1 Å². The van der Waals surface area contributed by atoms with Crippen LogP contribution in [0.5, 0.6) is 0 Å². The Morgan fingerprint density at radius 1 is 1.12 bits per heavy atom. The lowest BCUT2D eigenvalue weighted by Gasteiger charge is -2.42. The maximum Gasteiger partial charge on any atom is 0.416 e. The molecule has 12 heteroatoms. The van der Waals surface area contributed by atoms with Crippen molar-refractivity contribution in [1.29, 1.82) is 0 Å². The highest BCUT2D eigenvalue weighted by molar-refractivity contribution is 5.86. The Morgan fingerprint density at radius 2 is 1.90 bits per heavy atom. The molecule has 1 unspecified atom stereocenters. The number of rotatable bonds is 7. The molecular weight excluding hydrogens is 547 g/mol. The average Bonchev–Trinajstić information content (AvgIpc) is 3.64. The number of imidazole rings is 1. The van der Waals surface area contributed by atoms with E-state index in [2.05, 4.69) is 36.5 Å². The lowest BCUT2D eigenvalue weighted by atomic mass is 9.76. The van der Waals surface area contributed by atoms with E-state index in [0.717, 1.165) is 67.6 Å². The molecule has 3 aromatic heterocycles. The van der Waals surface area contributed by atoms with Crippen LogP contribution in [0.2, 0.25) is 0 Å². The van der Waals surface area contributed by atoms with Gasteiger partial charge in [0.05, 0.1) is 34.1 Å². The zero-order valence-electron chi connectivity index (χ0n) is 23.9. The minimum atomic E-state index is -4.36. The summed E-state index contributed by atoms with van der Waals surface area (Å²) >= 11 is 0. The highest BCUT2D eigenvalue weighted by Gasteiger charge is 2.55. The predicted octanol–water partition coefficient (Wildman–Crippen LogP) is 5.33. The number of nitrogen functional groups attached to an aromatic ring is 1. The third-order valence-electron chi connectivity index (χ3n) is 9.45. The zero-order valence-corrected chi connectivity index (χ0v) is 23.9. The van der Waals surface area contributed by atoms with E-state index < -0.39 is 17.5 Å². The summed E-state index contributed by atoms with van der Waals surface area (Å²) in [6.45, 7) is 4.87. The van der Waals surface area contributed by atoms with Crippen LogP contribution in [0.3, 0.4) is 0 Å². The highest BCUT2D eigenvalue weighted by atomic mass is 19.4. The van der Waals surface area contributed by atoms with Crippen molar-refractivity contribution in [3.05, 3.63) is 48.2 Å². The molecule has 224 valence electrons. The van der Waals surface area contributed by atoms with E-state index >= 15 is 0 Å². The molecule has 2 aliphatic carbocycles. The fourth-order valence-electron chi connectivity index (χ4n) is 7.28. The van der Waals surface area contributed by atoms with Gasteiger partial charge >= 0.3 is 6.18 Å². The number of anilines is 1. The van der Waals surface area contributed by atoms with Crippen molar-refractivity contribution in [2.45, 2.75) is 82.2 Å². The van der Waals surface area contributed by atoms with Gasteiger partial charge in [-0.1, -0.05) is 0 Å². The zero-order chi connectivity index (χ0) is 29.4. The van der Waals surface area contributed by atoms with Crippen molar-refractivity contribution in [3.63, 3.8) is 0 Å². The summed E-state index contributed by atoms with van der Waals surface area (Å²) in [5.41, 5.74) is 7.27. The van der Waals surface area contributed by atoms with Crippen molar-refractivity contribution >= 4 is 27.9 Å². The summed E-state index contributed by atoms with van der Waals surface area (Å²) in [5.74, 6) is 1.45. The smallest absolute Gasteiger partial charge is 0.383 e. The number of ether oxygens (including phenoxy) is 2. The predicted molar refractivity (Wildman–Crippen MR) is 151 cm³/mol. The number of aryl methyl sites for hydroxylation is 1. The van der Waals surface area contributed by atoms with Crippen molar-refractivity contribution in [3.8, 4) is 0 Å². The largest absolute Gasteiger partial charge is 0.416 e. The number of nitrogens with zero attached hydrogens (tertiary/aromatic N) is 5. The molecular formula is C30H36F3N7O2. The first-order chi connectivity index (χ1) is 19.9. The molecule has 9 nitrogen and oxygen atoms in total. The van der Waals surface area contributed by atoms with Gasteiger partial charge < -0.3 is 29.7 Å². The molecule has 4 heterocycles. The Labute approximate surface area is 241 Å². The Bertz CT molecular complexity index is 1610. The number of nitrogens with two attached hydrogens (primary N) is 1. The number of alkyl halides is 3. The fourth-order valence-corrected chi connectivity index (χ4v) is 7.28. The molecule has 0 radical (unpaired) electrons. The minimum absolute atomic E-state index is 0.00842. The lowest BCUT2D eigenvalue weighted by Crippen LogP contribution is -2.46. The molecule has 0 bridgehead atoms. The number of hydrogen-bond acceptors (Lipinski definition) is 7. The van der Waals surface area contributed by atoms with Crippen LogP contribution in [-0.2, 0) is 22.1 Å². The maximum absolute atomic E-state index is 13.0. The van der Waals surface area contributed by atoms with Crippen LogP contribution < -0.4 is 5.73 Å². The first-order valence-electron chi connectivity index (χ1n) is 14.6. The number of fused-ring (bicyclic) bond motifs is 3. The number of H-pyrrole nitrogens is 1. The van der Waals surface area contributed by atoms with Gasteiger partial charge in [0.25, 0.3) is 0 Å². The van der Waals surface area contributed by atoms with Crippen LogP contribution in [0.15, 0.2) is 36.8 Å². The normalized spacial score (nSPS) is 29.0. The van der Waals surface area contributed by atoms with Crippen molar-refractivity contribution in [2.75, 3.05) is 19.3 Å². The van der Waals surface area contributed by atoms with E-state index in [0.29, 0.717) is 34.7 Å². The summed E-state index contributed by atoms with van der Waals surface area (Å²) in [5, 5.41) is 0.849. The third kappa shape index (κ3) is 4.92. The number of halogens is 3. The number of benzene rings is 1. The molecule has 0 amide bonds. The minimum Gasteiger partial charge on any atom is -0.383 e. The number of nitrogens with one attached hydrogen (secondary N) is 1. The fraction of sp³-hybridized carbons (Fsp3) is 0.567. The van der Waals surface area contributed by atoms with E-state index in [1.807, 2.05) is 26.1 Å². The SMILES string of the molecule is CN(C[C@H]1CC(n2ccc3c(N)ncnc32)[C@@H]2OC(C)(C)O[C@H]12)C1CC(CCc2nc3ccc(C(F)(F)F)cc3[nH]2)C1. The second-order valence-corrected chi connectivity index (χ2v) is 12.7. The second-order valence-electron chi connectivity index (χ2n) is 12.7. The molecule has 7 rings (SSSR count). The van der Waals surface area contributed by atoms with Crippen molar-refractivity contribution < 1.29 is 22.6 Å². The number of aromatic amines is 1. The lowest BCUT2D eigenvalue weighted by molar-refractivity contribution is -0.161. The molecule has 0 spiro atoms. The molecule has 1 aliphatic heterocycles. The van der Waals surface area contributed by atoms with Crippen molar-refractivity contribution in [2.24, 2.45) is 11.8 Å². The van der Waals surface area contributed by atoms with E-state index in [4.69, 9.17) is 15.2 Å². The first kappa shape index (κ1) is 27.6. The summed E-state index contributed by atoms with van der Waals surface area (Å²) in [6, 6.07) is 6.22. The van der Waals surface area contributed by atoms with E-state index in [1.165, 1.54) is 12.4 Å². The Hall–Kier alpha value is -3.22. The van der Waals surface area contributed by atoms with Crippen LogP contribution in [0, 0.1) is 11.8 Å². The molecule has 1 aromatic carbocycles. The molecule has 42 heavy (non-hydrogen) atoms. The monoisotopic (exact) mass is 583 g/mol. The Balaban J connectivity index is 0.966. The van der Waals surface area contributed by atoms with Gasteiger partial charge in [0, 0.05) is 31.1 Å². The van der Waals surface area contributed by atoms with E-state index in [1.54, 1.807) is 0 Å². The van der Waals surface area contributed by atoms with Gasteiger partial charge in [-0.3, -0.25) is 0 Å². The first-order valence-corrected chi connectivity index (χ1v) is 14.6. The average molecular weight is 584 g/mol. The van der Waals surface area contributed by atoms with Gasteiger partial charge in [0.1, 0.15) is 29.7 Å². The maximum atomic E-state index is 13.0. The summed E-state index contributed by atoms with van der Waals surface area (Å²) in [4.78, 5) is 18.7. The molecule has 4 aromatic rings. The highest BCUT2D eigenvalue weighted by Crippen LogP contribution is 2.48. The van der Waals surface area contributed by atoms with E-state index in [9.17, 15) is 13.2 Å². The number of aromatic nitrogens is 5. The van der Waals surface area contributed by atoms with Crippen LogP contribution in [0.1, 0.15) is 57.0 Å².